The minimum Gasteiger partial charge on any atom is -0.381 e. The van der Waals surface area contributed by atoms with Crippen LogP contribution in [0.3, 0.4) is 0 Å². The first-order valence-corrected chi connectivity index (χ1v) is 10.1. The summed E-state index contributed by atoms with van der Waals surface area (Å²) in [6.07, 6.45) is 2.83. The molecule has 6 nitrogen and oxygen atoms in total. The van der Waals surface area contributed by atoms with Gasteiger partial charge in [-0.2, -0.15) is 5.10 Å². The second-order valence-electron chi connectivity index (χ2n) is 7.22. The minimum atomic E-state index is 0.273. The molecule has 2 rings (SSSR count). The normalized spacial score (nSPS) is 12.8. The Hall–Kier alpha value is -2.34. The summed E-state index contributed by atoms with van der Waals surface area (Å²) in [5.74, 6) is 0.830. The van der Waals surface area contributed by atoms with E-state index in [9.17, 15) is 0 Å². The molecule has 154 valence electrons. The molecule has 0 bridgehead atoms. The Kier molecular flexibility index (Phi) is 9.01. The molecule has 0 spiro atoms. The molecule has 2 aromatic rings. The third-order valence-electron chi connectivity index (χ3n) is 4.91. The predicted octanol–water partition coefficient (Wildman–Crippen LogP) is 2.78. The van der Waals surface area contributed by atoms with E-state index in [1.54, 1.807) is 7.05 Å². The molecule has 0 aliphatic carbocycles. The van der Waals surface area contributed by atoms with Gasteiger partial charge in [-0.25, -0.2) is 0 Å². The molecule has 0 aliphatic rings. The lowest BCUT2D eigenvalue weighted by Gasteiger charge is -2.18. The number of aromatic nitrogens is 2. The number of aryl methyl sites for hydroxylation is 2. The molecule has 1 unspecified atom stereocenters. The van der Waals surface area contributed by atoms with Gasteiger partial charge in [-0.05, 0) is 51.2 Å². The van der Waals surface area contributed by atoms with Crippen molar-refractivity contribution >= 4 is 5.96 Å². The van der Waals surface area contributed by atoms with Crippen molar-refractivity contribution in [2.24, 2.45) is 12.0 Å². The van der Waals surface area contributed by atoms with Crippen molar-refractivity contribution in [3.05, 3.63) is 52.8 Å². The molecule has 1 heterocycles. The molecule has 1 aromatic heterocycles. The van der Waals surface area contributed by atoms with Gasteiger partial charge in [0.05, 0.1) is 12.3 Å². The zero-order chi connectivity index (χ0) is 20.4. The van der Waals surface area contributed by atoms with Crippen LogP contribution in [0.15, 0.2) is 35.3 Å². The van der Waals surface area contributed by atoms with E-state index in [1.165, 1.54) is 16.8 Å². The van der Waals surface area contributed by atoms with Crippen LogP contribution in [0, 0.1) is 13.8 Å². The van der Waals surface area contributed by atoms with E-state index in [0.717, 1.165) is 50.7 Å². The van der Waals surface area contributed by atoms with Crippen molar-refractivity contribution < 1.29 is 4.74 Å². The van der Waals surface area contributed by atoms with E-state index in [1.807, 2.05) is 17.8 Å². The number of guanidine groups is 1. The van der Waals surface area contributed by atoms with E-state index >= 15 is 0 Å². The Balaban J connectivity index is 1.61. The van der Waals surface area contributed by atoms with Gasteiger partial charge >= 0.3 is 0 Å². The number of benzene rings is 1. The van der Waals surface area contributed by atoms with Gasteiger partial charge in [0, 0.05) is 39.0 Å². The molecule has 1 aromatic carbocycles. The molecule has 2 N–H and O–H groups in total. The first-order chi connectivity index (χ1) is 13.5. The summed E-state index contributed by atoms with van der Waals surface area (Å²) in [6, 6.07) is 10.7. The van der Waals surface area contributed by atoms with Crippen LogP contribution in [-0.2, 0) is 24.6 Å². The van der Waals surface area contributed by atoms with E-state index in [4.69, 9.17) is 4.74 Å². The Morgan fingerprint density at radius 1 is 1.21 bits per heavy atom. The number of hydrogen-bond donors (Lipinski definition) is 2. The molecule has 0 aliphatic heterocycles. The summed E-state index contributed by atoms with van der Waals surface area (Å²) in [6.45, 7) is 8.71. The predicted molar refractivity (Wildman–Crippen MR) is 116 cm³/mol. The van der Waals surface area contributed by atoms with Crippen LogP contribution in [0.5, 0.6) is 0 Å². The number of aliphatic imine (C=N–C) groups is 1. The van der Waals surface area contributed by atoms with Crippen LogP contribution >= 0.6 is 0 Å². The third kappa shape index (κ3) is 7.00. The summed E-state index contributed by atoms with van der Waals surface area (Å²) < 4.78 is 7.68. The second kappa shape index (κ2) is 11.5. The average Bonchev–Trinajstić information content (AvgIpc) is 2.93. The SMILES string of the molecule is CN=C(NCCCOCCc1ccccc1)NC(C)Cc1c(C)nn(C)c1C. The highest BCUT2D eigenvalue weighted by atomic mass is 16.5. The van der Waals surface area contributed by atoms with Gasteiger partial charge in [0.2, 0.25) is 0 Å². The maximum Gasteiger partial charge on any atom is 0.191 e. The first kappa shape index (κ1) is 22.0. The van der Waals surface area contributed by atoms with E-state index in [0.29, 0.717) is 0 Å². The largest absolute Gasteiger partial charge is 0.381 e. The monoisotopic (exact) mass is 385 g/mol. The molecular formula is C22H35N5O. The smallest absolute Gasteiger partial charge is 0.191 e. The Morgan fingerprint density at radius 2 is 1.96 bits per heavy atom. The van der Waals surface area contributed by atoms with Crippen LogP contribution in [0.4, 0.5) is 0 Å². The fourth-order valence-electron chi connectivity index (χ4n) is 3.22. The minimum absolute atomic E-state index is 0.273. The fraction of sp³-hybridized carbons (Fsp3) is 0.545. The van der Waals surface area contributed by atoms with Crippen molar-refractivity contribution in [2.45, 2.75) is 46.1 Å². The molecular weight excluding hydrogens is 350 g/mol. The van der Waals surface area contributed by atoms with E-state index in [2.05, 4.69) is 65.8 Å². The van der Waals surface area contributed by atoms with Gasteiger partial charge < -0.3 is 15.4 Å². The number of ether oxygens (including phenoxy) is 1. The van der Waals surface area contributed by atoms with Crippen LogP contribution < -0.4 is 10.6 Å². The molecule has 0 saturated carbocycles. The Bertz CT molecular complexity index is 739. The topological polar surface area (TPSA) is 63.5 Å². The summed E-state index contributed by atoms with van der Waals surface area (Å²) in [5, 5.41) is 11.3. The molecule has 6 heteroatoms. The van der Waals surface area contributed by atoms with Gasteiger partial charge in [0.25, 0.3) is 0 Å². The lowest BCUT2D eigenvalue weighted by molar-refractivity contribution is 0.135. The lowest BCUT2D eigenvalue weighted by Crippen LogP contribution is -2.43. The van der Waals surface area contributed by atoms with Crippen LogP contribution in [-0.4, -0.2) is 48.6 Å². The second-order valence-corrected chi connectivity index (χ2v) is 7.22. The molecule has 0 radical (unpaired) electrons. The van der Waals surface area contributed by atoms with E-state index in [-0.39, 0.29) is 6.04 Å². The van der Waals surface area contributed by atoms with Gasteiger partial charge in [0.1, 0.15) is 0 Å². The Morgan fingerprint density at radius 3 is 2.61 bits per heavy atom. The highest BCUT2D eigenvalue weighted by Crippen LogP contribution is 2.14. The van der Waals surface area contributed by atoms with Crippen LogP contribution in [0.1, 0.15) is 35.9 Å². The molecule has 0 amide bonds. The maximum atomic E-state index is 5.73. The van der Waals surface area contributed by atoms with Crippen LogP contribution in [0.25, 0.3) is 0 Å². The molecule has 28 heavy (non-hydrogen) atoms. The van der Waals surface area contributed by atoms with Crippen LogP contribution in [0.2, 0.25) is 0 Å². The zero-order valence-electron chi connectivity index (χ0n) is 18.0. The number of nitrogens with zero attached hydrogens (tertiary/aromatic N) is 3. The van der Waals surface area contributed by atoms with Gasteiger partial charge in [0.15, 0.2) is 5.96 Å². The lowest BCUT2D eigenvalue weighted by atomic mass is 10.1. The van der Waals surface area contributed by atoms with Gasteiger partial charge in [-0.3, -0.25) is 9.67 Å². The van der Waals surface area contributed by atoms with Gasteiger partial charge in [-0.15, -0.1) is 0 Å². The quantitative estimate of drug-likeness (QED) is 0.375. The number of nitrogens with one attached hydrogen (secondary N) is 2. The molecule has 0 fully saturated rings. The summed E-state index contributed by atoms with van der Waals surface area (Å²) in [7, 11) is 3.80. The van der Waals surface area contributed by atoms with Crippen molar-refractivity contribution in [1.29, 1.82) is 0 Å². The first-order valence-electron chi connectivity index (χ1n) is 10.1. The highest BCUT2D eigenvalue weighted by Gasteiger charge is 2.13. The molecule has 1 atom stereocenters. The maximum absolute atomic E-state index is 5.73. The highest BCUT2D eigenvalue weighted by molar-refractivity contribution is 5.79. The third-order valence-corrected chi connectivity index (χ3v) is 4.91. The summed E-state index contributed by atoms with van der Waals surface area (Å²) in [4.78, 5) is 4.33. The molecule has 0 saturated heterocycles. The Labute approximate surface area is 169 Å². The van der Waals surface area contributed by atoms with Gasteiger partial charge in [-0.1, -0.05) is 30.3 Å². The average molecular weight is 386 g/mol. The van der Waals surface area contributed by atoms with Crippen molar-refractivity contribution in [3.8, 4) is 0 Å². The number of hydrogen-bond acceptors (Lipinski definition) is 3. The summed E-state index contributed by atoms with van der Waals surface area (Å²) >= 11 is 0. The number of rotatable bonds is 10. The zero-order valence-corrected chi connectivity index (χ0v) is 18.0. The van der Waals surface area contributed by atoms with Crippen molar-refractivity contribution in [3.63, 3.8) is 0 Å². The van der Waals surface area contributed by atoms with E-state index < -0.39 is 0 Å². The standard InChI is InChI=1S/C22H35N5O/c1-17(16-21-18(2)26-27(5)19(21)3)25-22(23-4)24-13-9-14-28-15-12-20-10-7-6-8-11-20/h6-8,10-11,17H,9,12-16H2,1-5H3,(H2,23,24,25). The van der Waals surface area contributed by atoms with Crippen molar-refractivity contribution in [1.82, 2.24) is 20.4 Å². The summed E-state index contributed by atoms with van der Waals surface area (Å²) in [5.41, 5.74) is 4.95. The van der Waals surface area contributed by atoms with Crippen molar-refractivity contribution in [2.75, 3.05) is 26.8 Å². The fourth-order valence-corrected chi connectivity index (χ4v) is 3.22.